The van der Waals surface area contributed by atoms with E-state index < -0.39 is 6.04 Å². The highest BCUT2D eigenvalue weighted by Crippen LogP contribution is 2.38. The van der Waals surface area contributed by atoms with Crippen molar-refractivity contribution in [1.82, 2.24) is 4.90 Å². The van der Waals surface area contributed by atoms with E-state index in [4.69, 9.17) is 15.2 Å². The topological polar surface area (TPSA) is 64.8 Å². The minimum Gasteiger partial charge on any atom is -0.497 e. The number of rotatable bonds is 4. The first-order chi connectivity index (χ1) is 9.58. The van der Waals surface area contributed by atoms with Gasteiger partial charge in [-0.3, -0.25) is 4.79 Å². The van der Waals surface area contributed by atoms with Gasteiger partial charge in [-0.05, 0) is 31.9 Å². The summed E-state index contributed by atoms with van der Waals surface area (Å²) in [5.74, 6) is 1.48. The second-order valence-electron chi connectivity index (χ2n) is 5.09. The fourth-order valence-corrected chi connectivity index (χ4v) is 2.71. The van der Waals surface area contributed by atoms with Gasteiger partial charge in [0, 0.05) is 18.2 Å². The van der Waals surface area contributed by atoms with Crippen LogP contribution in [-0.4, -0.2) is 37.6 Å². The highest BCUT2D eigenvalue weighted by Gasteiger charge is 2.33. The van der Waals surface area contributed by atoms with Crippen molar-refractivity contribution in [3.63, 3.8) is 0 Å². The molecule has 1 aromatic carbocycles. The van der Waals surface area contributed by atoms with Gasteiger partial charge in [-0.15, -0.1) is 0 Å². The molecule has 1 amide bonds. The van der Waals surface area contributed by atoms with E-state index in [1.54, 1.807) is 21.1 Å². The van der Waals surface area contributed by atoms with Gasteiger partial charge >= 0.3 is 0 Å². The van der Waals surface area contributed by atoms with Crippen molar-refractivity contribution in [3.8, 4) is 11.5 Å². The third-order valence-electron chi connectivity index (χ3n) is 3.73. The number of nitrogens with two attached hydrogens (primary N) is 1. The van der Waals surface area contributed by atoms with Gasteiger partial charge in [0.25, 0.3) is 0 Å². The first-order valence-electron chi connectivity index (χ1n) is 6.86. The lowest BCUT2D eigenvalue weighted by Gasteiger charge is -2.27. The Hall–Kier alpha value is -1.75. The molecule has 110 valence electrons. The fourth-order valence-electron chi connectivity index (χ4n) is 2.71. The van der Waals surface area contributed by atoms with Gasteiger partial charge in [0.15, 0.2) is 0 Å². The summed E-state index contributed by atoms with van der Waals surface area (Å²) in [6, 6.07) is 5.27. The van der Waals surface area contributed by atoms with Crippen molar-refractivity contribution in [1.29, 1.82) is 0 Å². The van der Waals surface area contributed by atoms with Crippen molar-refractivity contribution in [2.45, 2.75) is 31.8 Å². The van der Waals surface area contributed by atoms with Crippen molar-refractivity contribution in [2.24, 2.45) is 5.73 Å². The van der Waals surface area contributed by atoms with Crippen LogP contribution in [0.3, 0.4) is 0 Å². The van der Waals surface area contributed by atoms with Crippen LogP contribution in [0.4, 0.5) is 0 Å². The van der Waals surface area contributed by atoms with E-state index in [1.807, 2.05) is 23.1 Å². The van der Waals surface area contributed by atoms with E-state index in [2.05, 4.69) is 0 Å². The summed E-state index contributed by atoms with van der Waals surface area (Å²) < 4.78 is 10.6. The van der Waals surface area contributed by atoms with Crippen molar-refractivity contribution in [3.05, 3.63) is 23.8 Å². The zero-order chi connectivity index (χ0) is 14.7. The standard InChI is InChI=1S/C15H22N2O3/c1-10(16)15(18)17-8-4-5-13(17)12-7-6-11(19-2)9-14(12)20-3/h6-7,9-10,13H,4-5,8,16H2,1-3H3. The van der Waals surface area contributed by atoms with Crippen LogP contribution in [0.25, 0.3) is 0 Å². The van der Waals surface area contributed by atoms with E-state index in [0.717, 1.165) is 36.4 Å². The molecule has 0 aliphatic carbocycles. The van der Waals surface area contributed by atoms with Gasteiger partial charge in [0.05, 0.1) is 26.3 Å². The molecule has 1 fully saturated rings. The molecule has 0 saturated carbocycles. The lowest BCUT2D eigenvalue weighted by atomic mass is 10.0. The third-order valence-corrected chi connectivity index (χ3v) is 3.73. The number of likely N-dealkylation sites (tertiary alicyclic amines) is 1. The number of benzene rings is 1. The van der Waals surface area contributed by atoms with E-state index in [0.29, 0.717) is 0 Å². The van der Waals surface area contributed by atoms with Crippen LogP contribution in [0.1, 0.15) is 31.4 Å². The summed E-state index contributed by atoms with van der Waals surface area (Å²) >= 11 is 0. The molecule has 0 aromatic heterocycles. The van der Waals surface area contributed by atoms with Crippen LogP contribution in [-0.2, 0) is 4.79 Å². The van der Waals surface area contributed by atoms with Crippen molar-refractivity contribution < 1.29 is 14.3 Å². The highest BCUT2D eigenvalue weighted by atomic mass is 16.5. The maximum atomic E-state index is 12.2. The van der Waals surface area contributed by atoms with Crippen LogP contribution >= 0.6 is 0 Å². The molecule has 5 nitrogen and oxygen atoms in total. The van der Waals surface area contributed by atoms with Crippen LogP contribution in [0.2, 0.25) is 0 Å². The molecule has 1 aromatic rings. The third kappa shape index (κ3) is 2.72. The van der Waals surface area contributed by atoms with Crippen LogP contribution in [0.15, 0.2) is 18.2 Å². The van der Waals surface area contributed by atoms with Gasteiger partial charge in [-0.1, -0.05) is 0 Å². The summed E-state index contributed by atoms with van der Waals surface area (Å²) in [5.41, 5.74) is 6.74. The molecule has 1 saturated heterocycles. The Bertz CT molecular complexity index is 488. The molecular formula is C15H22N2O3. The molecule has 2 N–H and O–H groups in total. The normalized spacial score (nSPS) is 19.8. The van der Waals surface area contributed by atoms with Crippen LogP contribution < -0.4 is 15.2 Å². The van der Waals surface area contributed by atoms with Crippen molar-refractivity contribution in [2.75, 3.05) is 20.8 Å². The Balaban J connectivity index is 2.32. The Morgan fingerprint density at radius 1 is 1.40 bits per heavy atom. The molecule has 1 heterocycles. The van der Waals surface area contributed by atoms with Crippen molar-refractivity contribution >= 4 is 5.91 Å². The maximum Gasteiger partial charge on any atom is 0.239 e. The molecule has 2 rings (SSSR count). The highest BCUT2D eigenvalue weighted by molar-refractivity contribution is 5.82. The van der Waals surface area contributed by atoms with Gasteiger partial charge in [-0.25, -0.2) is 0 Å². The number of nitrogens with zero attached hydrogens (tertiary/aromatic N) is 1. The smallest absolute Gasteiger partial charge is 0.239 e. The Morgan fingerprint density at radius 2 is 2.15 bits per heavy atom. The summed E-state index contributed by atoms with van der Waals surface area (Å²) in [6.07, 6.45) is 1.92. The minimum absolute atomic E-state index is 0.00892. The molecule has 20 heavy (non-hydrogen) atoms. The first-order valence-corrected chi connectivity index (χ1v) is 6.86. The Kier molecular flexibility index (Phi) is 4.49. The average molecular weight is 278 g/mol. The lowest BCUT2D eigenvalue weighted by molar-refractivity contribution is -0.133. The monoisotopic (exact) mass is 278 g/mol. The van der Waals surface area contributed by atoms with Crippen LogP contribution in [0.5, 0.6) is 11.5 Å². The average Bonchev–Trinajstić information content (AvgIpc) is 2.94. The van der Waals surface area contributed by atoms with Gasteiger partial charge in [0.2, 0.25) is 5.91 Å². The molecule has 0 spiro atoms. The van der Waals surface area contributed by atoms with Gasteiger partial charge in [-0.2, -0.15) is 0 Å². The largest absolute Gasteiger partial charge is 0.497 e. The molecule has 2 atom stereocenters. The van der Waals surface area contributed by atoms with Crippen LogP contribution in [0, 0.1) is 0 Å². The summed E-state index contributed by atoms with van der Waals surface area (Å²) in [5, 5.41) is 0. The number of carbonyl (C=O) groups excluding carboxylic acids is 1. The number of methoxy groups -OCH3 is 2. The zero-order valence-corrected chi connectivity index (χ0v) is 12.3. The maximum absolute atomic E-state index is 12.2. The molecule has 0 bridgehead atoms. The predicted molar refractivity (Wildman–Crippen MR) is 76.9 cm³/mol. The molecule has 1 aliphatic heterocycles. The van der Waals surface area contributed by atoms with E-state index in [-0.39, 0.29) is 11.9 Å². The molecule has 2 unspecified atom stereocenters. The predicted octanol–water partition coefficient (Wildman–Crippen LogP) is 1.71. The summed E-state index contributed by atoms with van der Waals surface area (Å²) in [4.78, 5) is 14.0. The minimum atomic E-state index is -0.472. The molecule has 5 heteroatoms. The second kappa shape index (κ2) is 6.13. The van der Waals surface area contributed by atoms with Gasteiger partial charge < -0.3 is 20.1 Å². The second-order valence-corrected chi connectivity index (χ2v) is 5.09. The summed E-state index contributed by atoms with van der Waals surface area (Å²) in [7, 11) is 3.25. The van der Waals surface area contributed by atoms with Gasteiger partial charge in [0.1, 0.15) is 11.5 Å². The number of amides is 1. The lowest BCUT2D eigenvalue weighted by Crippen LogP contribution is -2.41. The Morgan fingerprint density at radius 3 is 2.75 bits per heavy atom. The SMILES string of the molecule is COc1ccc(C2CCCN2C(=O)C(C)N)c(OC)c1. The number of ether oxygens (including phenoxy) is 2. The van der Waals surface area contributed by atoms with E-state index >= 15 is 0 Å². The first kappa shape index (κ1) is 14.7. The zero-order valence-electron chi connectivity index (χ0n) is 12.3. The van der Waals surface area contributed by atoms with E-state index in [9.17, 15) is 4.79 Å². The quantitative estimate of drug-likeness (QED) is 0.910. The number of carbonyl (C=O) groups is 1. The number of hydrogen-bond donors (Lipinski definition) is 1. The molecular weight excluding hydrogens is 256 g/mol. The molecule has 1 aliphatic rings. The molecule has 0 radical (unpaired) electrons. The summed E-state index contributed by atoms with van der Waals surface area (Å²) in [6.45, 7) is 2.48. The fraction of sp³-hybridized carbons (Fsp3) is 0.533. The number of hydrogen-bond acceptors (Lipinski definition) is 4. The Labute approximate surface area is 119 Å². The van der Waals surface area contributed by atoms with E-state index in [1.165, 1.54) is 0 Å².